The Kier molecular flexibility index (Phi) is 6.42. The molecular weight excluding hydrogens is 406 g/mol. The quantitative estimate of drug-likeness (QED) is 0.329. The van der Waals surface area contributed by atoms with Crippen molar-refractivity contribution >= 4 is 28.7 Å². The van der Waals surface area contributed by atoms with Crippen LogP contribution in [0.15, 0.2) is 60.0 Å². The Morgan fingerprint density at radius 2 is 1.97 bits per heavy atom. The highest BCUT2D eigenvalue weighted by molar-refractivity contribution is 7.99. The van der Waals surface area contributed by atoms with E-state index in [1.807, 2.05) is 35.9 Å². The van der Waals surface area contributed by atoms with Crippen molar-refractivity contribution in [2.75, 3.05) is 12.3 Å². The van der Waals surface area contributed by atoms with Gasteiger partial charge in [0.2, 0.25) is 5.91 Å². The number of rotatable bonds is 8. The number of hydrogen-bond donors (Lipinski definition) is 1. The maximum absolute atomic E-state index is 12.4. The van der Waals surface area contributed by atoms with E-state index in [2.05, 4.69) is 58.0 Å². The molecule has 0 radical (unpaired) electrons. The van der Waals surface area contributed by atoms with E-state index in [9.17, 15) is 4.79 Å². The number of thioether (sulfide) groups is 1. The monoisotopic (exact) mass is 433 g/mol. The predicted octanol–water partition coefficient (Wildman–Crippen LogP) is 4.45. The molecule has 0 bridgehead atoms. The fraction of sp³-hybridized carbons (Fsp3) is 0.292. The van der Waals surface area contributed by atoms with Crippen LogP contribution < -0.4 is 5.32 Å². The second-order valence-corrected chi connectivity index (χ2v) is 8.60. The van der Waals surface area contributed by atoms with Gasteiger partial charge in [-0.25, -0.2) is 9.97 Å². The molecule has 0 aliphatic rings. The first-order chi connectivity index (χ1) is 15.0. The molecule has 0 unspecified atom stereocenters. The number of carbonyl (C=O) groups is 1. The van der Waals surface area contributed by atoms with Crippen LogP contribution in [0.3, 0.4) is 0 Å². The Labute approximate surface area is 186 Å². The lowest BCUT2D eigenvalue weighted by Gasteiger charge is -2.11. The molecule has 0 saturated carbocycles. The summed E-state index contributed by atoms with van der Waals surface area (Å²) in [6, 6.07) is 14.5. The normalized spacial score (nSPS) is 11.2. The van der Waals surface area contributed by atoms with Crippen molar-refractivity contribution in [3.8, 4) is 5.69 Å². The van der Waals surface area contributed by atoms with Crippen molar-refractivity contribution in [3.63, 3.8) is 0 Å². The van der Waals surface area contributed by atoms with Crippen LogP contribution >= 0.6 is 11.8 Å². The summed E-state index contributed by atoms with van der Waals surface area (Å²) in [6.07, 6.45) is 4.58. The van der Waals surface area contributed by atoms with Crippen LogP contribution in [0.25, 0.3) is 16.7 Å². The van der Waals surface area contributed by atoms with Crippen LogP contribution in [-0.4, -0.2) is 37.3 Å². The highest BCUT2D eigenvalue weighted by atomic mass is 32.2. The zero-order valence-electron chi connectivity index (χ0n) is 18.1. The van der Waals surface area contributed by atoms with Gasteiger partial charge >= 0.3 is 0 Å². The van der Waals surface area contributed by atoms with E-state index in [0.29, 0.717) is 12.3 Å². The molecule has 160 valence electrons. The maximum Gasteiger partial charge on any atom is 0.230 e. The summed E-state index contributed by atoms with van der Waals surface area (Å²) in [5, 5.41) is 3.85. The maximum atomic E-state index is 12.4. The number of aromatic nitrogens is 4. The molecule has 2 heterocycles. The zero-order chi connectivity index (χ0) is 21.8. The van der Waals surface area contributed by atoms with E-state index in [1.54, 1.807) is 6.20 Å². The van der Waals surface area contributed by atoms with Gasteiger partial charge in [-0.15, -0.1) is 0 Å². The van der Waals surface area contributed by atoms with Crippen molar-refractivity contribution in [3.05, 3.63) is 71.8 Å². The van der Waals surface area contributed by atoms with Gasteiger partial charge < -0.3 is 9.88 Å². The lowest BCUT2D eigenvalue weighted by Crippen LogP contribution is -2.27. The topological polar surface area (TPSA) is 64.7 Å². The summed E-state index contributed by atoms with van der Waals surface area (Å²) in [7, 11) is 0. The third-order valence-corrected chi connectivity index (χ3v) is 6.26. The Balaban J connectivity index is 1.28. The third-order valence-electron chi connectivity index (χ3n) is 5.29. The standard InChI is InChI=1S/C24H27N5OS/c1-17-9-10-18(2)22(15-17)29-14-12-26-24(29)31-16-23(30)25-11-6-13-28-19(3)27-20-7-4-5-8-21(20)28/h4-5,7-10,12,14-15H,6,11,13,16H2,1-3H3,(H,25,30). The lowest BCUT2D eigenvalue weighted by molar-refractivity contribution is -0.118. The molecule has 1 amide bonds. The van der Waals surface area contributed by atoms with E-state index in [1.165, 1.54) is 22.9 Å². The van der Waals surface area contributed by atoms with Crippen molar-refractivity contribution in [2.45, 2.75) is 38.9 Å². The second kappa shape index (κ2) is 9.39. The van der Waals surface area contributed by atoms with Crippen LogP contribution in [0.1, 0.15) is 23.4 Å². The summed E-state index contributed by atoms with van der Waals surface area (Å²) in [6.45, 7) is 7.65. The van der Waals surface area contributed by atoms with Crippen LogP contribution in [0, 0.1) is 20.8 Å². The Morgan fingerprint density at radius 3 is 2.84 bits per heavy atom. The molecule has 0 aliphatic heterocycles. The first-order valence-corrected chi connectivity index (χ1v) is 11.4. The Bertz CT molecular complexity index is 1210. The van der Waals surface area contributed by atoms with E-state index in [-0.39, 0.29) is 5.91 Å². The number of carbonyl (C=O) groups excluding carboxylic acids is 1. The van der Waals surface area contributed by atoms with Gasteiger partial charge in [-0.05, 0) is 56.5 Å². The van der Waals surface area contributed by atoms with Gasteiger partial charge in [0, 0.05) is 25.5 Å². The van der Waals surface area contributed by atoms with E-state index in [4.69, 9.17) is 0 Å². The van der Waals surface area contributed by atoms with Crippen molar-refractivity contribution in [2.24, 2.45) is 0 Å². The molecule has 2 aromatic carbocycles. The number of fused-ring (bicyclic) bond motifs is 1. The SMILES string of the molecule is Cc1ccc(C)c(-n2ccnc2SCC(=O)NCCCn2c(C)nc3ccccc32)c1. The minimum atomic E-state index is 0.0210. The zero-order valence-corrected chi connectivity index (χ0v) is 18.9. The first-order valence-electron chi connectivity index (χ1n) is 10.5. The second-order valence-electron chi connectivity index (χ2n) is 7.66. The molecule has 6 nitrogen and oxygen atoms in total. The molecule has 2 aromatic heterocycles. The molecule has 0 atom stereocenters. The Hall–Kier alpha value is -3.06. The van der Waals surface area contributed by atoms with Gasteiger partial charge in [-0.1, -0.05) is 36.0 Å². The number of nitrogens with one attached hydrogen (secondary N) is 1. The molecule has 1 N–H and O–H groups in total. The molecule has 7 heteroatoms. The Morgan fingerprint density at radius 1 is 1.13 bits per heavy atom. The van der Waals surface area contributed by atoms with Gasteiger partial charge in [0.25, 0.3) is 0 Å². The molecule has 0 spiro atoms. The molecule has 31 heavy (non-hydrogen) atoms. The number of para-hydroxylation sites is 2. The van der Waals surface area contributed by atoms with Crippen LogP contribution in [-0.2, 0) is 11.3 Å². The largest absolute Gasteiger partial charge is 0.355 e. The molecule has 4 aromatic rings. The van der Waals surface area contributed by atoms with Gasteiger partial charge in [0.1, 0.15) is 5.82 Å². The summed E-state index contributed by atoms with van der Waals surface area (Å²) in [5.74, 6) is 1.36. The van der Waals surface area contributed by atoms with Gasteiger partial charge in [0.05, 0.1) is 22.5 Å². The number of imidazole rings is 2. The lowest BCUT2D eigenvalue weighted by atomic mass is 10.1. The summed E-state index contributed by atoms with van der Waals surface area (Å²) >= 11 is 1.46. The fourth-order valence-electron chi connectivity index (χ4n) is 3.68. The number of hydrogen-bond acceptors (Lipinski definition) is 4. The fourth-order valence-corrected chi connectivity index (χ4v) is 4.48. The molecule has 4 rings (SSSR count). The average molecular weight is 434 g/mol. The molecule has 0 fully saturated rings. The van der Waals surface area contributed by atoms with Gasteiger partial charge in [-0.3, -0.25) is 9.36 Å². The molecular formula is C24H27N5OS. The summed E-state index contributed by atoms with van der Waals surface area (Å²) < 4.78 is 4.25. The smallest absolute Gasteiger partial charge is 0.230 e. The van der Waals surface area contributed by atoms with E-state index >= 15 is 0 Å². The number of aryl methyl sites for hydroxylation is 4. The highest BCUT2D eigenvalue weighted by Gasteiger charge is 2.11. The van der Waals surface area contributed by atoms with Crippen LogP contribution in [0.5, 0.6) is 0 Å². The van der Waals surface area contributed by atoms with E-state index in [0.717, 1.165) is 40.7 Å². The van der Waals surface area contributed by atoms with Crippen molar-refractivity contribution in [1.82, 2.24) is 24.4 Å². The number of benzene rings is 2. The average Bonchev–Trinajstić information content (AvgIpc) is 3.35. The van der Waals surface area contributed by atoms with E-state index < -0.39 is 0 Å². The minimum Gasteiger partial charge on any atom is -0.355 e. The van der Waals surface area contributed by atoms with Crippen LogP contribution in [0.2, 0.25) is 0 Å². The molecule has 0 aliphatic carbocycles. The first kappa shape index (κ1) is 21.2. The predicted molar refractivity (Wildman–Crippen MR) is 126 cm³/mol. The van der Waals surface area contributed by atoms with Crippen molar-refractivity contribution in [1.29, 1.82) is 0 Å². The summed E-state index contributed by atoms with van der Waals surface area (Å²) in [5.41, 5.74) is 5.63. The van der Waals surface area contributed by atoms with Crippen LogP contribution in [0.4, 0.5) is 0 Å². The minimum absolute atomic E-state index is 0.0210. The number of amides is 1. The highest BCUT2D eigenvalue weighted by Crippen LogP contribution is 2.23. The third kappa shape index (κ3) is 4.82. The van der Waals surface area contributed by atoms with Gasteiger partial charge in [0.15, 0.2) is 5.16 Å². The summed E-state index contributed by atoms with van der Waals surface area (Å²) in [4.78, 5) is 21.4. The number of nitrogens with zero attached hydrogens (tertiary/aromatic N) is 4. The van der Waals surface area contributed by atoms with Crippen molar-refractivity contribution < 1.29 is 4.79 Å². The molecule has 0 saturated heterocycles. The van der Waals surface area contributed by atoms with Gasteiger partial charge in [-0.2, -0.15) is 0 Å².